The summed E-state index contributed by atoms with van der Waals surface area (Å²) in [5.41, 5.74) is 0. The van der Waals surface area contributed by atoms with Crippen molar-refractivity contribution in [3.05, 3.63) is 110 Å². The van der Waals surface area contributed by atoms with Crippen molar-refractivity contribution >= 4 is 68.1 Å². The molecule has 3 aliphatic heterocycles. The Hall–Kier alpha value is -5.90. The fourth-order valence-corrected chi connectivity index (χ4v) is 5.20. The van der Waals surface area contributed by atoms with E-state index in [-0.39, 0.29) is 0 Å². The fourth-order valence-electron chi connectivity index (χ4n) is 5.20. The molecular weight excluding hydrogens is 500 g/mol. The molecular formula is C30H18N10. The molecule has 0 saturated heterocycles. The molecule has 9 rings (SSSR count). The topological polar surface area (TPSA) is 92.2 Å². The quantitative estimate of drug-likeness (QED) is 0.279. The molecule has 188 valence electrons. The maximum absolute atomic E-state index is 4.83. The van der Waals surface area contributed by atoms with Gasteiger partial charge >= 0.3 is 0 Å². The Morgan fingerprint density at radius 1 is 0.300 bits per heavy atom. The number of nitrogens with zero attached hydrogens (tertiary/aromatic N) is 10. The minimum absolute atomic E-state index is 0.403. The van der Waals surface area contributed by atoms with Gasteiger partial charge in [-0.05, 0) is 32.3 Å². The zero-order chi connectivity index (χ0) is 26.2. The van der Waals surface area contributed by atoms with Crippen LogP contribution in [0.4, 0.5) is 0 Å². The summed E-state index contributed by atoms with van der Waals surface area (Å²) in [5, 5.41) is 6.55. The van der Waals surface area contributed by atoms with Gasteiger partial charge in [-0.1, -0.05) is 72.8 Å². The highest BCUT2D eigenvalue weighted by Gasteiger charge is 2.36. The molecule has 6 heterocycles. The maximum Gasteiger partial charge on any atom is 0.246 e. The fraction of sp³-hybridized carbons (Fsp3) is 0. The van der Waals surface area contributed by atoms with Gasteiger partial charge in [-0.2, -0.15) is 30.0 Å². The van der Waals surface area contributed by atoms with Gasteiger partial charge in [0.2, 0.25) is 35.8 Å². The van der Waals surface area contributed by atoms with E-state index < -0.39 is 0 Å². The number of hydrogen-bond acceptors (Lipinski definition) is 7. The number of rotatable bonds is 0. The Morgan fingerprint density at radius 2 is 0.525 bits per heavy atom. The van der Waals surface area contributed by atoms with Crippen molar-refractivity contribution < 1.29 is 0 Å². The van der Waals surface area contributed by atoms with Gasteiger partial charge in [-0.3, -0.25) is 13.7 Å². The van der Waals surface area contributed by atoms with E-state index in [9.17, 15) is 0 Å². The Labute approximate surface area is 226 Å². The minimum atomic E-state index is 0.403. The number of fused-ring (bicyclic) bond motifs is 3. The zero-order valence-corrected chi connectivity index (χ0v) is 20.9. The molecule has 0 bridgehead atoms. The first kappa shape index (κ1) is 21.1. The number of benzene rings is 3. The molecule has 0 aliphatic carbocycles. The molecule has 0 radical (unpaired) electrons. The van der Waals surface area contributed by atoms with Crippen molar-refractivity contribution in [3.63, 3.8) is 0 Å². The van der Waals surface area contributed by atoms with E-state index in [2.05, 4.69) is 36.4 Å². The van der Waals surface area contributed by atoms with Crippen LogP contribution < -0.4 is 0 Å². The zero-order valence-electron chi connectivity index (χ0n) is 20.9. The average Bonchev–Trinajstić information content (AvgIpc) is 3.73. The smallest absolute Gasteiger partial charge is 0.246 e. The first-order valence-electron chi connectivity index (χ1n) is 12.8. The van der Waals surface area contributed by atoms with Crippen molar-refractivity contribution in [1.82, 2.24) is 18.6 Å². The Kier molecular flexibility index (Phi) is 4.11. The Bertz CT molecular complexity index is 1880. The van der Waals surface area contributed by atoms with Crippen LogP contribution in [0, 0.1) is 0 Å². The second kappa shape index (κ2) is 7.81. The van der Waals surface area contributed by atoms with E-state index in [1.807, 2.05) is 87.3 Å². The lowest BCUT2D eigenvalue weighted by Gasteiger charge is -2.30. The van der Waals surface area contributed by atoms with E-state index in [0.29, 0.717) is 35.8 Å². The lowest BCUT2D eigenvalue weighted by molar-refractivity contribution is 0.809. The van der Waals surface area contributed by atoms with Gasteiger partial charge in [-0.25, -0.2) is 4.90 Å². The molecule has 0 fully saturated rings. The number of aliphatic imine (C=N–C) groups is 6. The third kappa shape index (κ3) is 3.16. The molecule has 0 amide bonds. The molecule has 10 heteroatoms. The van der Waals surface area contributed by atoms with Gasteiger partial charge in [0, 0.05) is 37.2 Å². The molecule has 3 aliphatic rings. The minimum Gasteiger partial charge on any atom is -0.291 e. The highest BCUT2D eigenvalue weighted by atomic mass is 15.5. The summed E-state index contributed by atoms with van der Waals surface area (Å²) in [5.74, 6) is 2.59. The third-order valence-corrected chi connectivity index (χ3v) is 7.15. The SMILES string of the molecule is c1ccc2cn(C3=NC4=NC(n5cc6ccccc6c5)=NC5=NC(n6cc7ccccc7c6)=NC(=N3)N45)cc2c1. The molecule has 0 unspecified atom stereocenters. The highest BCUT2D eigenvalue weighted by molar-refractivity contribution is 6.30. The summed E-state index contributed by atoms with van der Waals surface area (Å²) in [4.78, 5) is 30.7. The third-order valence-electron chi connectivity index (χ3n) is 7.15. The largest absolute Gasteiger partial charge is 0.291 e. The van der Waals surface area contributed by atoms with Crippen molar-refractivity contribution in [3.8, 4) is 0 Å². The highest BCUT2D eigenvalue weighted by Crippen LogP contribution is 2.23. The summed E-state index contributed by atoms with van der Waals surface area (Å²) >= 11 is 0. The van der Waals surface area contributed by atoms with Crippen LogP contribution in [0.1, 0.15) is 0 Å². The normalized spacial score (nSPS) is 16.4. The van der Waals surface area contributed by atoms with E-state index in [4.69, 9.17) is 30.0 Å². The Morgan fingerprint density at radius 3 is 0.775 bits per heavy atom. The van der Waals surface area contributed by atoms with E-state index >= 15 is 0 Å². The van der Waals surface area contributed by atoms with Gasteiger partial charge in [-0.15, -0.1) is 0 Å². The van der Waals surface area contributed by atoms with Gasteiger partial charge in [0.1, 0.15) is 0 Å². The number of hydrogen-bond donors (Lipinski definition) is 0. The van der Waals surface area contributed by atoms with Crippen LogP contribution in [0.2, 0.25) is 0 Å². The second-order valence-electron chi connectivity index (χ2n) is 9.69. The van der Waals surface area contributed by atoms with Gasteiger partial charge in [0.25, 0.3) is 0 Å². The van der Waals surface area contributed by atoms with Crippen LogP contribution >= 0.6 is 0 Å². The lowest BCUT2D eigenvalue weighted by Crippen LogP contribution is -2.49. The molecule has 3 aromatic heterocycles. The number of guanidine groups is 3. The molecule has 0 saturated carbocycles. The van der Waals surface area contributed by atoms with Crippen LogP contribution in [0.15, 0.2) is 140 Å². The summed E-state index contributed by atoms with van der Waals surface area (Å²) in [6, 6.07) is 24.5. The number of aromatic nitrogens is 3. The Balaban J connectivity index is 1.24. The van der Waals surface area contributed by atoms with Gasteiger partial charge in [0.05, 0.1) is 0 Å². The van der Waals surface area contributed by atoms with Crippen molar-refractivity contribution in [1.29, 1.82) is 0 Å². The molecule has 40 heavy (non-hydrogen) atoms. The van der Waals surface area contributed by atoms with Gasteiger partial charge < -0.3 is 0 Å². The van der Waals surface area contributed by atoms with E-state index in [1.54, 1.807) is 4.90 Å². The van der Waals surface area contributed by atoms with Crippen molar-refractivity contribution in [2.75, 3.05) is 0 Å². The second-order valence-corrected chi connectivity index (χ2v) is 9.69. The summed E-state index contributed by atoms with van der Waals surface area (Å²) in [6.07, 6.45) is 12.0. The van der Waals surface area contributed by atoms with Crippen LogP contribution in [0.25, 0.3) is 32.3 Å². The standard InChI is InChI=1S/C30H18N10/c1-2-8-20-14-37(13-19(20)7-1)25-31-28-33-26(38-15-21-9-3-4-10-22(21)16-38)35-30-36-27(34-29(32-25)40(28)30)39-17-23-11-5-6-12-24(23)18-39/h1-18H. The van der Waals surface area contributed by atoms with Crippen LogP contribution in [0.5, 0.6) is 0 Å². The van der Waals surface area contributed by atoms with E-state index in [1.165, 1.54) is 0 Å². The van der Waals surface area contributed by atoms with Crippen LogP contribution in [0.3, 0.4) is 0 Å². The van der Waals surface area contributed by atoms with Crippen LogP contribution in [-0.2, 0) is 0 Å². The molecule has 0 spiro atoms. The monoisotopic (exact) mass is 518 g/mol. The van der Waals surface area contributed by atoms with Gasteiger partial charge in [0.15, 0.2) is 0 Å². The molecule has 3 aromatic carbocycles. The lowest BCUT2D eigenvalue weighted by atomic mass is 10.2. The summed E-state index contributed by atoms with van der Waals surface area (Å²) in [7, 11) is 0. The first-order valence-corrected chi connectivity index (χ1v) is 12.8. The molecule has 0 N–H and O–H groups in total. The predicted molar refractivity (Wildman–Crippen MR) is 158 cm³/mol. The van der Waals surface area contributed by atoms with Crippen molar-refractivity contribution in [2.24, 2.45) is 30.0 Å². The molecule has 6 aromatic rings. The first-order chi connectivity index (χ1) is 19.7. The summed E-state index contributed by atoms with van der Waals surface area (Å²) < 4.78 is 5.70. The van der Waals surface area contributed by atoms with Crippen molar-refractivity contribution in [2.45, 2.75) is 0 Å². The average molecular weight is 519 g/mol. The molecule has 0 atom stereocenters. The predicted octanol–water partition coefficient (Wildman–Crippen LogP) is 4.97. The molecule has 10 nitrogen and oxygen atoms in total. The summed E-state index contributed by atoms with van der Waals surface area (Å²) in [6.45, 7) is 0. The van der Waals surface area contributed by atoms with Crippen LogP contribution in [-0.4, -0.2) is 54.4 Å². The van der Waals surface area contributed by atoms with E-state index in [0.717, 1.165) is 32.3 Å². The maximum atomic E-state index is 4.83.